The van der Waals surface area contributed by atoms with Gasteiger partial charge < -0.3 is 14.8 Å². The fourth-order valence-electron chi connectivity index (χ4n) is 3.77. The molecule has 0 aliphatic carbocycles. The molecule has 4 rings (SSSR count). The van der Waals surface area contributed by atoms with Crippen molar-refractivity contribution in [3.63, 3.8) is 0 Å². The smallest absolute Gasteiger partial charge is 0.238 e. The molecule has 0 bridgehead atoms. The number of carbonyl (C=O) groups excluding carboxylic acids is 1. The molecule has 154 valence electrons. The minimum atomic E-state index is -3.75. The highest BCUT2D eigenvalue weighted by molar-refractivity contribution is 7.89. The lowest BCUT2D eigenvalue weighted by Crippen LogP contribution is -2.33. The molecule has 1 atom stereocenters. The lowest BCUT2D eigenvalue weighted by molar-refractivity contribution is -0.117. The molecule has 1 amide bonds. The van der Waals surface area contributed by atoms with Crippen molar-refractivity contribution in [1.29, 1.82) is 0 Å². The third kappa shape index (κ3) is 4.52. The Hall–Kier alpha value is -2.62. The summed E-state index contributed by atoms with van der Waals surface area (Å²) in [5, 5.41) is 7.90. The predicted octanol–water partition coefficient (Wildman–Crippen LogP) is 1.88. The number of benzene rings is 2. The highest BCUT2D eigenvalue weighted by Crippen LogP contribution is 2.37. The van der Waals surface area contributed by atoms with Crippen LogP contribution in [-0.2, 0) is 14.8 Å². The minimum absolute atomic E-state index is 0.00807. The van der Waals surface area contributed by atoms with Gasteiger partial charge in [-0.2, -0.15) is 0 Å². The van der Waals surface area contributed by atoms with Crippen molar-refractivity contribution in [2.45, 2.75) is 23.8 Å². The quantitative estimate of drug-likeness (QED) is 0.769. The molecule has 9 heteroatoms. The Morgan fingerprint density at radius 1 is 1.10 bits per heavy atom. The highest BCUT2D eigenvalue weighted by Gasteiger charge is 2.28. The van der Waals surface area contributed by atoms with Gasteiger partial charge in [0.05, 0.1) is 11.4 Å². The number of rotatable bonds is 5. The molecule has 0 spiro atoms. The van der Waals surface area contributed by atoms with Crippen LogP contribution in [-0.4, -0.2) is 45.5 Å². The van der Waals surface area contributed by atoms with Crippen molar-refractivity contribution in [2.24, 2.45) is 5.14 Å². The van der Waals surface area contributed by atoms with Gasteiger partial charge in [-0.25, -0.2) is 13.6 Å². The number of ether oxygens (including phenoxy) is 2. The standard InChI is InChI=1S/C20H23N3O5S/c21-29(25,26)16-6-4-15(5-7-16)22-20(24)13-23-9-1-2-17(23)14-3-8-18-19(12-14)28-11-10-27-18/h3-8,12,17H,1-2,9-11,13H2,(H,22,24)(H2,21,25,26)/t17-/m1/s1. The molecule has 1 saturated heterocycles. The maximum atomic E-state index is 12.5. The van der Waals surface area contributed by atoms with Crippen molar-refractivity contribution in [1.82, 2.24) is 4.90 Å². The molecule has 2 aromatic carbocycles. The molecule has 0 unspecified atom stereocenters. The summed E-state index contributed by atoms with van der Waals surface area (Å²) in [5.74, 6) is 1.35. The molecule has 8 nitrogen and oxygen atoms in total. The van der Waals surface area contributed by atoms with Crippen LogP contribution in [0.2, 0.25) is 0 Å². The fraction of sp³-hybridized carbons (Fsp3) is 0.350. The summed E-state index contributed by atoms with van der Waals surface area (Å²) in [6.45, 7) is 2.17. The molecule has 2 aliphatic rings. The molecule has 0 saturated carbocycles. The lowest BCUT2D eigenvalue weighted by atomic mass is 10.0. The Morgan fingerprint density at radius 3 is 2.55 bits per heavy atom. The highest BCUT2D eigenvalue weighted by atomic mass is 32.2. The molecule has 1 fully saturated rings. The molecule has 2 aliphatic heterocycles. The van der Waals surface area contributed by atoms with Gasteiger partial charge in [0.25, 0.3) is 0 Å². The van der Waals surface area contributed by atoms with Crippen LogP contribution in [0.3, 0.4) is 0 Å². The first kappa shape index (κ1) is 19.7. The summed E-state index contributed by atoms with van der Waals surface area (Å²) in [5.41, 5.74) is 1.63. The summed E-state index contributed by atoms with van der Waals surface area (Å²) >= 11 is 0. The normalized spacial score (nSPS) is 19.1. The fourth-order valence-corrected chi connectivity index (χ4v) is 4.29. The van der Waals surface area contributed by atoms with Gasteiger partial charge in [-0.1, -0.05) is 6.07 Å². The van der Waals surface area contributed by atoms with E-state index < -0.39 is 10.0 Å². The van der Waals surface area contributed by atoms with Gasteiger partial charge in [0.2, 0.25) is 15.9 Å². The van der Waals surface area contributed by atoms with Gasteiger partial charge in [0.1, 0.15) is 13.2 Å². The van der Waals surface area contributed by atoms with Crippen LogP contribution in [0.15, 0.2) is 47.4 Å². The number of nitrogens with zero attached hydrogens (tertiary/aromatic N) is 1. The number of hydrogen-bond acceptors (Lipinski definition) is 6. The van der Waals surface area contributed by atoms with E-state index in [1.165, 1.54) is 24.3 Å². The van der Waals surface area contributed by atoms with Crippen LogP contribution in [0.4, 0.5) is 5.69 Å². The number of nitrogens with one attached hydrogen (secondary N) is 1. The zero-order valence-electron chi connectivity index (χ0n) is 15.8. The zero-order valence-corrected chi connectivity index (χ0v) is 16.7. The monoisotopic (exact) mass is 417 g/mol. The largest absolute Gasteiger partial charge is 0.486 e. The molecule has 2 aromatic rings. The van der Waals surface area contributed by atoms with Gasteiger partial charge in [0.15, 0.2) is 11.5 Å². The van der Waals surface area contributed by atoms with E-state index in [4.69, 9.17) is 14.6 Å². The number of nitrogens with two attached hydrogens (primary N) is 1. The molecule has 2 heterocycles. The number of fused-ring (bicyclic) bond motifs is 1. The topological polar surface area (TPSA) is 111 Å². The van der Waals surface area contributed by atoms with E-state index in [-0.39, 0.29) is 23.4 Å². The first-order valence-electron chi connectivity index (χ1n) is 9.46. The molecule has 0 aromatic heterocycles. The Labute approximate surface area is 169 Å². The number of primary sulfonamides is 1. The molecule has 29 heavy (non-hydrogen) atoms. The van der Waals surface area contributed by atoms with E-state index in [1.54, 1.807) is 0 Å². The van der Waals surface area contributed by atoms with E-state index in [0.29, 0.717) is 18.9 Å². The van der Waals surface area contributed by atoms with Gasteiger partial charge in [0, 0.05) is 11.7 Å². The van der Waals surface area contributed by atoms with Gasteiger partial charge in [-0.15, -0.1) is 0 Å². The maximum absolute atomic E-state index is 12.5. The second-order valence-corrected chi connectivity index (χ2v) is 8.71. The van der Waals surface area contributed by atoms with Gasteiger partial charge >= 0.3 is 0 Å². The molecule has 3 N–H and O–H groups in total. The second kappa shape index (κ2) is 8.02. The van der Waals surface area contributed by atoms with Gasteiger partial charge in [-0.3, -0.25) is 9.69 Å². The Morgan fingerprint density at radius 2 is 1.83 bits per heavy atom. The third-order valence-corrected chi connectivity index (χ3v) is 6.06. The van der Waals surface area contributed by atoms with E-state index in [0.717, 1.165) is 36.4 Å². The Bertz CT molecular complexity index is 1010. The van der Waals surface area contributed by atoms with Crippen LogP contribution in [0.5, 0.6) is 11.5 Å². The number of anilines is 1. The van der Waals surface area contributed by atoms with Gasteiger partial charge in [-0.05, 0) is 61.3 Å². The van der Waals surface area contributed by atoms with Crippen molar-refractivity contribution in [3.05, 3.63) is 48.0 Å². The predicted molar refractivity (Wildman–Crippen MR) is 107 cm³/mol. The molecule has 0 radical (unpaired) electrons. The van der Waals surface area contributed by atoms with Crippen molar-refractivity contribution < 1.29 is 22.7 Å². The minimum Gasteiger partial charge on any atom is -0.486 e. The number of likely N-dealkylation sites (tertiary alicyclic amines) is 1. The van der Waals surface area contributed by atoms with E-state index in [9.17, 15) is 13.2 Å². The van der Waals surface area contributed by atoms with Crippen LogP contribution in [0.25, 0.3) is 0 Å². The van der Waals surface area contributed by atoms with Crippen LogP contribution in [0, 0.1) is 0 Å². The number of sulfonamides is 1. The first-order chi connectivity index (χ1) is 13.9. The summed E-state index contributed by atoms with van der Waals surface area (Å²) < 4.78 is 33.9. The van der Waals surface area contributed by atoms with Crippen LogP contribution in [0.1, 0.15) is 24.4 Å². The van der Waals surface area contributed by atoms with E-state index in [2.05, 4.69) is 10.2 Å². The summed E-state index contributed by atoms with van der Waals surface area (Å²) in [6, 6.07) is 11.9. The Balaban J connectivity index is 1.41. The van der Waals surface area contributed by atoms with Crippen molar-refractivity contribution >= 4 is 21.6 Å². The van der Waals surface area contributed by atoms with Crippen molar-refractivity contribution in [2.75, 3.05) is 31.6 Å². The van der Waals surface area contributed by atoms with Crippen LogP contribution >= 0.6 is 0 Å². The molecular formula is C20H23N3O5S. The summed E-state index contributed by atoms with van der Waals surface area (Å²) in [7, 11) is -3.75. The average molecular weight is 417 g/mol. The third-order valence-electron chi connectivity index (χ3n) is 5.13. The average Bonchev–Trinajstić information content (AvgIpc) is 3.15. The second-order valence-electron chi connectivity index (χ2n) is 7.15. The summed E-state index contributed by atoms with van der Waals surface area (Å²) in [4.78, 5) is 14.7. The SMILES string of the molecule is NS(=O)(=O)c1ccc(NC(=O)CN2CCC[C@@H]2c2ccc3c(c2)OCCO3)cc1. The van der Waals surface area contributed by atoms with Crippen molar-refractivity contribution in [3.8, 4) is 11.5 Å². The number of carbonyl (C=O) groups is 1. The summed E-state index contributed by atoms with van der Waals surface area (Å²) in [6.07, 6.45) is 1.98. The number of amides is 1. The van der Waals surface area contributed by atoms with E-state index in [1.807, 2.05) is 18.2 Å². The number of hydrogen-bond donors (Lipinski definition) is 2. The van der Waals surface area contributed by atoms with E-state index >= 15 is 0 Å². The lowest BCUT2D eigenvalue weighted by Gasteiger charge is -2.26. The zero-order chi connectivity index (χ0) is 20.4. The first-order valence-corrected chi connectivity index (χ1v) is 11.0. The maximum Gasteiger partial charge on any atom is 0.238 e. The molecular weight excluding hydrogens is 394 g/mol. The Kier molecular flexibility index (Phi) is 5.44. The van der Waals surface area contributed by atoms with Crippen LogP contribution < -0.4 is 19.9 Å².